The van der Waals surface area contributed by atoms with E-state index in [0.29, 0.717) is 17.4 Å². The number of hydrogen-bond donors (Lipinski definition) is 0. The highest BCUT2D eigenvalue weighted by Crippen LogP contribution is 2.56. The van der Waals surface area contributed by atoms with Gasteiger partial charge in [0.1, 0.15) is 5.60 Å². The maximum Gasteiger partial charge on any atom is 0.410 e. The second-order valence-corrected chi connectivity index (χ2v) is 9.55. The zero-order valence-corrected chi connectivity index (χ0v) is 16.8. The van der Waals surface area contributed by atoms with Gasteiger partial charge in [-0.2, -0.15) is 0 Å². The quantitative estimate of drug-likeness (QED) is 0.689. The molecule has 3 atom stereocenters. The Morgan fingerprint density at radius 1 is 1.27 bits per heavy atom. The van der Waals surface area contributed by atoms with Crippen molar-refractivity contribution in [1.82, 2.24) is 4.90 Å². The first-order valence-electron chi connectivity index (χ1n) is 10.5. The number of hydrogen-bond acceptors (Lipinski definition) is 2. The van der Waals surface area contributed by atoms with E-state index in [0.717, 1.165) is 25.8 Å². The van der Waals surface area contributed by atoms with Gasteiger partial charge in [-0.05, 0) is 75.5 Å². The number of carbonyl (C=O) groups excluding carboxylic acids is 1. The Hall–Kier alpha value is -1.51. The minimum atomic E-state index is -0.430. The highest BCUT2D eigenvalue weighted by atomic mass is 16.6. The SMILES string of the molecule is CCc1ccc2c(c1)[C@@]13CCCC[C@H]1[C@@H](C2)N(C(=O)OC(C)(C)C)CC3. The van der Waals surface area contributed by atoms with Crippen molar-refractivity contribution in [2.75, 3.05) is 6.54 Å². The molecule has 4 rings (SSSR count). The first-order valence-corrected chi connectivity index (χ1v) is 10.5. The van der Waals surface area contributed by atoms with Crippen LogP contribution in [0.5, 0.6) is 0 Å². The van der Waals surface area contributed by atoms with E-state index in [9.17, 15) is 4.79 Å². The molecule has 1 aromatic rings. The third kappa shape index (κ3) is 2.84. The van der Waals surface area contributed by atoms with Crippen LogP contribution in [0.3, 0.4) is 0 Å². The number of piperidine rings is 1. The Balaban J connectivity index is 1.72. The molecule has 1 aromatic carbocycles. The summed E-state index contributed by atoms with van der Waals surface area (Å²) in [5, 5.41) is 0. The zero-order valence-electron chi connectivity index (χ0n) is 16.8. The standard InChI is InChI=1S/C23H33NO2/c1-5-16-9-10-17-15-20-18-8-6-7-11-23(18,19(17)14-16)12-13-24(20)21(25)26-22(2,3)4/h9-10,14,18,20H,5-8,11-13,15H2,1-4H3/t18-,20+,23+/m0/s1. The monoisotopic (exact) mass is 355 g/mol. The molecule has 0 radical (unpaired) electrons. The van der Waals surface area contributed by atoms with Gasteiger partial charge in [0.15, 0.2) is 0 Å². The predicted octanol–water partition coefficient (Wildman–Crippen LogP) is 5.24. The van der Waals surface area contributed by atoms with Crippen molar-refractivity contribution >= 4 is 6.09 Å². The third-order valence-electron chi connectivity index (χ3n) is 6.94. The Morgan fingerprint density at radius 3 is 2.81 bits per heavy atom. The van der Waals surface area contributed by atoms with E-state index in [1.54, 1.807) is 5.56 Å². The Kier molecular flexibility index (Phi) is 4.32. The van der Waals surface area contributed by atoms with E-state index < -0.39 is 5.60 Å². The van der Waals surface area contributed by atoms with Gasteiger partial charge in [0.2, 0.25) is 0 Å². The molecule has 0 N–H and O–H groups in total. The molecule has 1 saturated heterocycles. The van der Waals surface area contributed by atoms with E-state index in [2.05, 4.69) is 30.0 Å². The third-order valence-corrected chi connectivity index (χ3v) is 6.94. The minimum absolute atomic E-state index is 0.115. The normalized spacial score (nSPS) is 30.4. The van der Waals surface area contributed by atoms with Crippen molar-refractivity contribution < 1.29 is 9.53 Å². The number of carbonyl (C=O) groups is 1. The van der Waals surface area contributed by atoms with E-state index in [4.69, 9.17) is 4.74 Å². The molecule has 3 heteroatoms. The van der Waals surface area contributed by atoms with Crippen molar-refractivity contribution in [3.05, 3.63) is 34.9 Å². The molecule has 1 saturated carbocycles. The molecular formula is C23H33NO2. The van der Waals surface area contributed by atoms with Gasteiger partial charge in [-0.3, -0.25) is 0 Å². The number of amides is 1. The predicted molar refractivity (Wildman–Crippen MR) is 105 cm³/mol. The summed E-state index contributed by atoms with van der Waals surface area (Å²) < 4.78 is 5.76. The molecule has 0 unspecified atom stereocenters. The molecule has 142 valence electrons. The average molecular weight is 356 g/mol. The maximum absolute atomic E-state index is 12.9. The Morgan fingerprint density at radius 2 is 2.08 bits per heavy atom. The van der Waals surface area contributed by atoms with Crippen molar-refractivity contribution in [3.63, 3.8) is 0 Å². The summed E-state index contributed by atoms with van der Waals surface area (Å²) in [6.45, 7) is 8.97. The molecule has 1 amide bonds. The fraction of sp³-hybridized carbons (Fsp3) is 0.696. The van der Waals surface area contributed by atoms with E-state index in [1.165, 1.54) is 36.8 Å². The van der Waals surface area contributed by atoms with Gasteiger partial charge in [0.25, 0.3) is 0 Å². The summed E-state index contributed by atoms with van der Waals surface area (Å²) in [4.78, 5) is 15.0. The van der Waals surface area contributed by atoms with Gasteiger partial charge < -0.3 is 9.64 Å². The fourth-order valence-electron chi connectivity index (χ4n) is 5.82. The van der Waals surface area contributed by atoms with Crippen molar-refractivity contribution in [3.8, 4) is 0 Å². The van der Waals surface area contributed by atoms with Gasteiger partial charge >= 0.3 is 6.09 Å². The smallest absolute Gasteiger partial charge is 0.410 e. The molecule has 3 aliphatic rings. The van der Waals surface area contributed by atoms with Crippen LogP contribution in [0.25, 0.3) is 0 Å². The second kappa shape index (κ2) is 6.28. The number of ether oxygens (including phenoxy) is 1. The number of likely N-dealkylation sites (tertiary alicyclic amines) is 1. The highest BCUT2D eigenvalue weighted by Gasteiger charge is 2.55. The van der Waals surface area contributed by atoms with Crippen LogP contribution < -0.4 is 0 Å². The van der Waals surface area contributed by atoms with Crippen molar-refractivity contribution in [2.45, 2.75) is 89.7 Å². The van der Waals surface area contributed by atoms with Crippen LogP contribution >= 0.6 is 0 Å². The highest BCUT2D eigenvalue weighted by molar-refractivity contribution is 5.69. The van der Waals surface area contributed by atoms with E-state index >= 15 is 0 Å². The summed E-state index contributed by atoms with van der Waals surface area (Å²) in [5.74, 6) is 0.595. The molecule has 2 bridgehead atoms. The Labute approximate surface area is 158 Å². The van der Waals surface area contributed by atoms with Gasteiger partial charge in [0.05, 0.1) is 0 Å². The summed E-state index contributed by atoms with van der Waals surface area (Å²) >= 11 is 0. The number of aryl methyl sites for hydroxylation is 1. The van der Waals surface area contributed by atoms with Crippen LogP contribution in [0.15, 0.2) is 18.2 Å². The van der Waals surface area contributed by atoms with Gasteiger partial charge in [-0.15, -0.1) is 0 Å². The molecule has 1 aliphatic heterocycles. The van der Waals surface area contributed by atoms with Gasteiger partial charge in [-0.25, -0.2) is 4.79 Å². The number of benzene rings is 1. The topological polar surface area (TPSA) is 29.5 Å². The van der Waals surface area contributed by atoms with Crippen LogP contribution in [0.4, 0.5) is 4.79 Å². The molecule has 0 spiro atoms. The number of rotatable bonds is 1. The molecular weight excluding hydrogens is 322 g/mol. The molecule has 0 aromatic heterocycles. The summed E-state index contributed by atoms with van der Waals surface area (Å²) in [5.41, 5.74) is 4.40. The van der Waals surface area contributed by atoms with Crippen LogP contribution in [0, 0.1) is 5.92 Å². The lowest BCUT2D eigenvalue weighted by atomic mass is 9.52. The van der Waals surface area contributed by atoms with Crippen molar-refractivity contribution in [1.29, 1.82) is 0 Å². The van der Waals surface area contributed by atoms with Crippen LogP contribution in [-0.2, 0) is 23.0 Å². The lowest BCUT2D eigenvalue weighted by Gasteiger charge is -2.58. The minimum Gasteiger partial charge on any atom is -0.444 e. The summed E-state index contributed by atoms with van der Waals surface area (Å²) in [6.07, 6.45) is 8.23. The zero-order chi connectivity index (χ0) is 18.5. The largest absolute Gasteiger partial charge is 0.444 e. The number of nitrogens with zero attached hydrogens (tertiary/aromatic N) is 1. The van der Waals surface area contributed by atoms with Crippen molar-refractivity contribution in [2.24, 2.45) is 5.92 Å². The van der Waals surface area contributed by atoms with Crippen LogP contribution in [0.1, 0.15) is 76.5 Å². The summed E-state index contributed by atoms with van der Waals surface area (Å²) in [6, 6.07) is 7.42. The van der Waals surface area contributed by atoms with E-state index in [-0.39, 0.29) is 6.09 Å². The van der Waals surface area contributed by atoms with Crippen LogP contribution in [-0.4, -0.2) is 29.2 Å². The first kappa shape index (κ1) is 17.9. The average Bonchev–Trinajstić information content (AvgIpc) is 2.60. The number of fused-ring (bicyclic) bond motifs is 1. The Bertz CT molecular complexity index is 705. The molecule has 1 heterocycles. The molecule has 3 nitrogen and oxygen atoms in total. The summed E-state index contributed by atoms with van der Waals surface area (Å²) in [7, 11) is 0. The van der Waals surface area contributed by atoms with E-state index in [1.807, 2.05) is 20.8 Å². The second-order valence-electron chi connectivity index (χ2n) is 9.55. The fourth-order valence-corrected chi connectivity index (χ4v) is 5.82. The maximum atomic E-state index is 12.9. The van der Waals surface area contributed by atoms with Crippen LogP contribution in [0.2, 0.25) is 0 Å². The first-order chi connectivity index (χ1) is 12.3. The molecule has 2 aliphatic carbocycles. The molecule has 2 fully saturated rings. The lowest BCUT2D eigenvalue weighted by Crippen LogP contribution is -2.62. The lowest BCUT2D eigenvalue weighted by molar-refractivity contribution is -0.0349. The molecule has 26 heavy (non-hydrogen) atoms. The van der Waals surface area contributed by atoms with Gasteiger partial charge in [0, 0.05) is 18.0 Å². The van der Waals surface area contributed by atoms with Gasteiger partial charge in [-0.1, -0.05) is 38.0 Å².